The third-order valence-electron chi connectivity index (χ3n) is 2.76. The molecule has 0 fully saturated rings. The lowest BCUT2D eigenvalue weighted by atomic mass is 10.3. The summed E-state index contributed by atoms with van der Waals surface area (Å²) in [5.41, 5.74) is 2.26. The molecule has 0 radical (unpaired) electrons. The van der Waals surface area contributed by atoms with Gasteiger partial charge >= 0.3 is 0 Å². The zero-order valence-corrected chi connectivity index (χ0v) is 12.8. The van der Waals surface area contributed by atoms with E-state index in [0.717, 1.165) is 30.1 Å². The maximum absolute atomic E-state index is 5.81. The first-order valence-electron chi connectivity index (χ1n) is 6.17. The summed E-state index contributed by atoms with van der Waals surface area (Å²) in [6.45, 7) is 5.67. The highest BCUT2D eigenvalue weighted by molar-refractivity contribution is 14.1. The van der Waals surface area contributed by atoms with E-state index in [1.807, 2.05) is 22.9 Å². The van der Waals surface area contributed by atoms with Crippen LogP contribution in [0.5, 0.6) is 5.75 Å². The van der Waals surface area contributed by atoms with Crippen LogP contribution in [-0.4, -0.2) is 9.78 Å². The monoisotopic (exact) mass is 356 g/mol. The van der Waals surface area contributed by atoms with E-state index in [9.17, 15) is 0 Å². The summed E-state index contributed by atoms with van der Waals surface area (Å²) in [6, 6.07) is 10.2. The first-order chi connectivity index (χ1) is 8.72. The molecule has 1 aromatic carbocycles. The minimum Gasteiger partial charge on any atom is -0.487 e. The zero-order chi connectivity index (χ0) is 13.0. The number of benzene rings is 1. The van der Waals surface area contributed by atoms with Gasteiger partial charge in [-0.1, -0.05) is 13.0 Å². The molecule has 2 rings (SSSR count). The molecular formula is C14H17IN2O. The molecule has 0 spiro atoms. The van der Waals surface area contributed by atoms with E-state index in [1.54, 1.807) is 0 Å². The molecule has 1 heterocycles. The van der Waals surface area contributed by atoms with Crippen molar-refractivity contribution in [3.63, 3.8) is 0 Å². The minimum atomic E-state index is 0.570. The van der Waals surface area contributed by atoms with E-state index in [2.05, 4.69) is 53.7 Å². The van der Waals surface area contributed by atoms with Gasteiger partial charge in [0, 0.05) is 10.1 Å². The molecular weight excluding hydrogens is 339 g/mol. The second-order valence-electron chi connectivity index (χ2n) is 4.04. The van der Waals surface area contributed by atoms with Crippen LogP contribution in [0.25, 0.3) is 0 Å². The van der Waals surface area contributed by atoms with Crippen LogP contribution in [0, 0.1) is 3.57 Å². The second-order valence-corrected chi connectivity index (χ2v) is 5.29. The lowest BCUT2D eigenvalue weighted by molar-refractivity contribution is 0.292. The molecule has 0 N–H and O–H groups in total. The summed E-state index contributed by atoms with van der Waals surface area (Å²) < 4.78 is 9.00. The van der Waals surface area contributed by atoms with Crippen LogP contribution in [0.2, 0.25) is 0 Å². The molecule has 0 saturated heterocycles. The number of ether oxygens (including phenoxy) is 1. The quantitative estimate of drug-likeness (QED) is 0.765. The number of hydrogen-bond acceptors (Lipinski definition) is 2. The fraction of sp³-hybridized carbons (Fsp3) is 0.357. The molecule has 2 aromatic rings. The van der Waals surface area contributed by atoms with E-state index in [0.29, 0.717) is 6.61 Å². The van der Waals surface area contributed by atoms with Crippen LogP contribution in [0.3, 0.4) is 0 Å². The number of nitrogens with zero attached hydrogens (tertiary/aromatic N) is 2. The van der Waals surface area contributed by atoms with Crippen LogP contribution in [0.1, 0.15) is 25.2 Å². The molecule has 0 saturated carbocycles. The standard InChI is InChI=1S/C14H17IN2O/c1-3-12-9-13(17(4-2)16-12)10-18-14-7-5-6-11(15)8-14/h5-9H,3-4,10H2,1-2H3. The Balaban J connectivity index is 2.07. The van der Waals surface area contributed by atoms with Gasteiger partial charge in [-0.2, -0.15) is 5.10 Å². The lowest BCUT2D eigenvalue weighted by Crippen LogP contribution is -2.06. The molecule has 0 aliphatic carbocycles. The first kappa shape index (κ1) is 13.4. The largest absolute Gasteiger partial charge is 0.487 e. The van der Waals surface area contributed by atoms with Crippen molar-refractivity contribution in [2.75, 3.05) is 0 Å². The van der Waals surface area contributed by atoms with Crippen LogP contribution in [0.4, 0.5) is 0 Å². The Kier molecular flexibility index (Phi) is 4.63. The fourth-order valence-electron chi connectivity index (χ4n) is 1.79. The van der Waals surface area contributed by atoms with Crippen LogP contribution >= 0.6 is 22.6 Å². The molecule has 0 amide bonds. The molecule has 3 nitrogen and oxygen atoms in total. The van der Waals surface area contributed by atoms with E-state index in [-0.39, 0.29) is 0 Å². The molecule has 0 unspecified atom stereocenters. The predicted molar refractivity (Wildman–Crippen MR) is 80.8 cm³/mol. The van der Waals surface area contributed by atoms with Crippen molar-refractivity contribution < 1.29 is 4.74 Å². The average molecular weight is 356 g/mol. The number of halogens is 1. The molecule has 0 atom stereocenters. The normalized spacial score (nSPS) is 10.6. The zero-order valence-electron chi connectivity index (χ0n) is 10.7. The number of aryl methyl sites for hydroxylation is 2. The summed E-state index contributed by atoms with van der Waals surface area (Å²) in [7, 11) is 0. The van der Waals surface area contributed by atoms with Gasteiger partial charge in [-0.15, -0.1) is 0 Å². The summed E-state index contributed by atoms with van der Waals surface area (Å²) in [4.78, 5) is 0. The molecule has 96 valence electrons. The highest BCUT2D eigenvalue weighted by Crippen LogP contribution is 2.17. The maximum Gasteiger partial charge on any atom is 0.130 e. The van der Waals surface area contributed by atoms with E-state index in [1.165, 1.54) is 3.57 Å². The van der Waals surface area contributed by atoms with Crippen molar-refractivity contribution in [2.45, 2.75) is 33.4 Å². The smallest absolute Gasteiger partial charge is 0.130 e. The van der Waals surface area contributed by atoms with Gasteiger partial charge < -0.3 is 4.74 Å². The van der Waals surface area contributed by atoms with Crippen molar-refractivity contribution in [1.82, 2.24) is 9.78 Å². The number of aromatic nitrogens is 2. The van der Waals surface area contributed by atoms with Gasteiger partial charge in [-0.25, -0.2) is 0 Å². The second kappa shape index (κ2) is 6.22. The van der Waals surface area contributed by atoms with Gasteiger partial charge in [0.25, 0.3) is 0 Å². The SMILES string of the molecule is CCc1cc(COc2cccc(I)c2)n(CC)n1. The predicted octanol–water partition coefficient (Wildman–Crippen LogP) is 3.65. The van der Waals surface area contributed by atoms with E-state index < -0.39 is 0 Å². The van der Waals surface area contributed by atoms with Crippen molar-refractivity contribution in [2.24, 2.45) is 0 Å². The van der Waals surface area contributed by atoms with Gasteiger partial charge in [-0.3, -0.25) is 4.68 Å². The molecule has 0 aliphatic heterocycles. The average Bonchev–Trinajstić information content (AvgIpc) is 2.79. The number of hydrogen-bond donors (Lipinski definition) is 0. The van der Waals surface area contributed by atoms with Crippen molar-refractivity contribution in [1.29, 1.82) is 0 Å². The van der Waals surface area contributed by atoms with Gasteiger partial charge in [0.15, 0.2) is 0 Å². The highest BCUT2D eigenvalue weighted by atomic mass is 127. The Morgan fingerprint density at radius 1 is 1.28 bits per heavy atom. The van der Waals surface area contributed by atoms with Crippen molar-refractivity contribution in [3.05, 3.63) is 45.3 Å². The molecule has 0 bridgehead atoms. The van der Waals surface area contributed by atoms with Crippen LogP contribution < -0.4 is 4.74 Å². The van der Waals surface area contributed by atoms with Gasteiger partial charge in [-0.05, 0) is 60.2 Å². The Morgan fingerprint density at radius 3 is 2.78 bits per heavy atom. The topological polar surface area (TPSA) is 27.1 Å². The highest BCUT2D eigenvalue weighted by Gasteiger charge is 2.06. The van der Waals surface area contributed by atoms with Crippen LogP contribution in [0.15, 0.2) is 30.3 Å². The Morgan fingerprint density at radius 2 is 2.11 bits per heavy atom. The van der Waals surface area contributed by atoms with Crippen molar-refractivity contribution >= 4 is 22.6 Å². The molecule has 0 aliphatic rings. The maximum atomic E-state index is 5.81. The number of rotatable bonds is 5. The van der Waals surface area contributed by atoms with Gasteiger partial charge in [0.2, 0.25) is 0 Å². The molecule has 4 heteroatoms. The minimum absolute atomic E-state index is 0.570. The third kappa shape index (κ3) is 3.25. The summed E-state index contributed by atoms with van der Waals surface area (Å²) in [5, 5.41) is 4.51. The molecule has 1 aromatic heterocycles. The summed E-state index contributed by atoms with van der Waals surface area (Å²) in [5.74, 6) is 0.906. The van der Waals surface area contributed by atoms with Crippen LogP contribution in [-0.2, 0) is 19.6 Å². The van der Waals surface area contributed by atoms with Gasteiger partial charge in [0.05, 0.1) is 11.4 Å². The van der Waals surface area contributed by atoms with Crippen molar-refractivity contribution in [3.8, 4) is 5.75 Å². The first-order valence-corrected chi connectivity index (χ1v) is 7.24. The third-order valence-corrected chi connectivity index (χ3v) is 3.43. The van der Waals surface area contributed by atoms with Gasteiger partial charge in [0.1, 0.15) is 12.4 Å². The molecule has 18 heavy (non-hydrogen) atoms. The summed E-state index contributed by atoms with van der Waals surface area (Å²) in [6.07, 6.45) is 0.962. The lowest BCUT2D eigenvalue weighted by Gasteiger charge is -2.07. The Hall–Kier alpha value is -1.04. The van der Waals surface area contributed by atoms with E-state index in [4.69, 9.17) is 4.74 Å². The Labute approximate surface area is 121 Å². The fourth-order valence-corrected chi connectivity index (χ4v) is 2.31. The summed E-state index contributed by atoms with van der Waals surface area (Å²) >= 11 is 2.29. The Bertz CT molecular complexity index is 522. The van der Waals surface area contributed by atoms with E-state index >= 15 is 0 Å².